The summed E-state index contributed by atoms with van der Waals surface area (Å²) in [5, 5.41) is 2.89. The fourth-order valence-corrected chi connectivity index (χ4v) is 1.74. The van der Waals surface area contributed by atoms with Gasteiger partial charge in [-0.05, 0) is 18.6 Å². The standard InChI is InChI=1S/C14H19NO3/c1-3-10(2)14(16)15-8-11-9-17-12-6-4-5-7-13(12)18-11/h4-7,10-11H,3,8-9H2,1-2H3,(H,15,16). The minimum absolute atomic E-state index is 0.0433. The van der Waals surface area contributed by atoms with Crippen molar-refractivity contribution in [3.05, 3.63) is 24.3 Å². The zero-order valence-electron chi connectivity index (χ0n) is 10.8. The number of rotatable bonds is 4. The lowest BCUT2D eigenvalue weighted by Gasteiger charge is -2.26. The number of nitrogens with one attached hydrogen (secondary N) is 1. The first-order valence-electron chi connectivity index (χ1n) is 6.37. The third-order valence-corrected chi connectivity index (χ3v) is 3.13. The van der Waals surface area contributed by atoms with Crippen molar-refractivity contribution < 1.29 is 14.3 Å². The van der Waals surface area contributed by atoms with Crippen LogP contribution in [0.25, 0.3) is 0 Å². The number of ether oxygens (including phenoxy) is 2. The molecule has 2 unspecified atom stereocenters. The first-order chi connectivity index (χ1) is 8.70. The second-order valence-corrected chi connectivity index (χ2v) is 4.55. The molecule has 0 spiro atoms. The lowest BCUT2D eigenvalue weighted by molar-refractivity contribution is -0.125. The molecule has 1 aliphatic rings. The number of amides is 1. The number of hydrogen-bond donors (Lipinski definition) is 1. The van der Waals surface area contributed by atoms with Gasteiger partial charge in [-0.25, -0.2) is 0 Å². The average Bonchev–Trinajstić information content (AvgIpc) is 2.43. The largest absolute Gasteiger partial charge is 0.486 e. The molecule has 18 heavy (non-hydrogen) atoms. The summed E-state index contributed by atoms with van der Waals surface area (Å²) in [4.78, 5) is 11.7. The van der Waals surface area contributed by atoms with Crippen molar-refractivity contribution in [1.82, 2.24) is 5.32 Å². The molecule has 0 fully saturated rings. The van der Waals surface area contributed by atoms with E-state index in [0.29, 0.717) is 13.2 Å². The highest BCUT2D eigenvalue weighted by Crippen LogP contribution is 2.30. The molecule has 1 aromatic rings. The van der Waals surface area contributed by atoms with E-state index in [0.717, 1.165) is 17.9 Å². The summed E-state index contributed by atoms with van der Waals surface area (Å²) in [7, 11) is 0. The third-order valence-electron chi connectivity index (χ3n) is 3.13. The Kier molecular flexibility index (Phi) is 4.07. The van der Waals surface area contributed by atoms with Crippen LogP contribution in [0.15, 0.2) is 24.3 Å². The molecule has 98 valence electrons. The molecule has 0 bridgehead atoms. The van der Waals surface area contributed by atoms with Gasteiger partial charge in [-0.2, -0.15) is 0 Å². The van der Waals surface area contributed by atoms with Crippen molar-refractivity contribution in [2.75, 3.05) is 13.2 Å². The van der Waals surface area contributed by atoms with E-state index >= 15 is 0 Å². The van der Waals surface area contributed by atoms with Gasteiger partial charge in [-0.15, -0.1) is 0 Å². The van der Waals surface area contributed by atoms with Crippen molar-refractivity contribution in [2.45, 2.75) is 26.4 Å². The summed E-state index contributed by atoms with van der Waals surface area (Å²) in [6, 6.07) is 7.57. The number of carbonyl (C=O) groups excluding carboxylic acids is 1. The summed E-state index contributed by atoms with van der Waals surface area (Å²) in [5.41, 5.74) is 0. The number of hydrogen-bond acceptors (Lipinski definition) is 3. The van der Waals surface area contributed by atoms with Crippen LogP contribution in [0.1, 0.15) is 20.3 Å². The first-order valence-corrected chi connectivity index (χ1v) is 6.37. The molecule has 0 saturated heterocycles. The lowest BCUT2D eigenvalue weighted by atomic mass is 10.1. The van der Waals surface area contributed by atoms with Crippen LogP contribution in [0.2, 0.25) is 0 Å². The van der Waals surface area contributed by atoms with Crippen LogP contribution in [0.5, 0.6) is 11.5 Å². The second kappa shape index (κ2) is 5.76. The molecule has 1 N–H and O–H groups in total. The van der Waals surface area contributed by atoms with Gasteiger partial charge < -0.3 is 14.8 Å². The first kappa shape index (κ1) is 12.7. The van der Waals surface area contributed by atoms with Crippen molar-refractivity contribution >= 4 is 5.91 Å². The molecule has 1 aliphatic heterocycles. The quantitative estimate of drug-likeness (QED) is 0.887. The van der Waals surface area contributed by atoms with Crippen LogP contribution in [0, 0.1) is 5.92 Å². The monoisotopic (exact) mass is 249 g/mol. The number of para-hydroxylation sites is 2. The molecule has 0 aromatic heterocycles. The zero-order valence-corrected chi connectivity index (χ0v) is 10.8. The van der Waals surface area contributed by atoms with Crippen LogP contribution in [0.3, 0.4) is 0 Å². The van der Waals surface area contributed by atoms with Gasteiger partial charge in [0.25, 0.3) is 0 Å². The molecule has 4 heteroatoms. The van der Waals surface area contributed by atoms with E-state index in [1.807, 2.05) is 38.1 Å². The van der Waals surface area contributed by atoms with Gasteiger partial charge >= 0.3 is 0 Å². The molecule has 2 rings (SSSR count). The summed E-state index contributed by atoms with van der Waals surface area (Å²) in [5.74, 6) is 1.62. The Bertz CT molecular complexity index is 419. The molecule has 1 aromatic carbocycles. The van der Waals surface area contributed by atoms with Crippen molar-refractivity contribution in [2.24, 2.45) is 5.92 Å². The van der Waals surface area contributed by atoms with Crippen molar-refractivity contribution in [1.29, 1.82) is 0 Å². The smallest absolute Gasteiger partial charge is 0.222 e. The summed E-state index contributed by atoms with van der Waals surface area (Å²) >= 11 is 0. The zero-order chi connectivity index (χ0) is 13.0. The molecule has 1 heterocycles. The Morgan fingerprint density at radius 1 is 1.44 bits per heavy atom. The van der Waals surface area contributed by atoms with Gasteiger partial charge in [0.05, 0.1) is 6.54 Å². The predicted molar refractivity (Wildman–Crippen MR) is 68.8 cm³/mol. The van der Waals surface area contributed by atoms with Crippen LogP contribution in [-0.4, -0.2) is 25.2 Å². The molecule has 1 amide bonds. The molecule has 2 atom stereocenters. The van der Waals surface area contributed by atoms with Crippen LogP contribution >= 0.6 is 0 Å². The van der Waals surface area contributed by atoms with E-state index in [-0.39, 0.29) is 17.9 Å². The maximum atomic E-state index is 11.7. The van der Waals surface area contributed by atoms with E-state index in [9.17, 15) is 4.79 Å². The molecular weight excluding hydrogens is 230 g/mol. The normalized spacial score (nSPS) is 19.1. The van der Waals surface area contributed by atoms with Gasteiger partial charge in [0.1, 0.15) is 12.7 Å². The highest BCUT2D eigenvalue weighted by molar-refractivity contribution is 5.78. The van der Waals surface area contributed by atoms with Crippen LogP contribution in [-0.2, 0) is 4.79 Å². The Balaban J connectivity index is 1.85. The maximum absolute atomic E-state index is 11.7. The van der Waals surface area contributed by atoms with Gasteiger partial charge in [0.15, 0.2) is 11.5 Å². The highest BCUT2D eigenvalue weighted by atomic mass is 16.6. The van der Waals surface area contributed by atoms with E-state index < -0.39 is 0 Å². The van der Waals surface area contributed by atoms with E-state index in [2.05, 4.69) is 5.32 Å². The molecule has 0 aliphatic carbocycles. The Morgan fingerprint density at radius 3 is 2.89 bits per heavy atom. The molecule has 4 nitrogen and oxygen atoms in total. The minimum Gasteiger partial charge on any atom is -0.486 e. The highest BCUT2D eigenvalue weighted by Gasteiger charge is 2.21. The Morgan fingerprint density at radius 2 is 2.17 bits per heavy atom. The molecule has 0 radical (unpaired) electrons. The van der Waals surface area contributed by atoms with Gasteiger partial charge in [0.2, 0.25) is 5.91 Å². The Labute approximate surface area is 107 Å². The fraction of sp³-hybridized carbons (Fsp3) is 0.500. The number of carbonyl (C=O) groups is 1. The number of benzene rings is 1. The second-order valence-electron chi connectivity index (χ2n) is 4.55. The van der Waals surface area contributed by atoms with Gasteiger partial charge in [0, 0.05) is 5.92 Å². The molecular formula is C14H19NO3. The Hall–Kier alpha value is -1.71. The predicted octanol–water partition coefficient (Wildman–Crippen LogP) is 1.99. The van der Waals surface area contributed by atoms with E-state index in [1.165, 1.54) is 0 Å². The topological polar surface area (TPSA) is 47.6 Å². The fourth-order valence-electron chi connectivity index (χ4n) is 1.74. The minimum atomic E-state index is -0.118. The summed E-state index contributed by atoms with van der Waals surface area (Å²) in [6.45, 7) is 4.87. The average molecular weight is 249 g/mol. The van der Waals surface area contributed by atoms with Gasteiger partial charge in [-0.3, -0.25) is 4.79 Å². The molecule has 0 saturated carbocycles. The van der Waals surface area contributed by atoms with Crippen molar-refractivity contribution in [3.63, 3.8) is 0 Å². The van der Waals surface area contributed by atoms with E-state index in [1.54, 1.807) is 0 Å². The third kappa shape index (κ3) is 2.94. The summed E-state index contributed by atoms with van der Waals surface area (Å²) in [6.07, 6.45) is 0.726. The SMILES string of the molecule is CCC(C)C(=O)NCC1COc2ccccc2O1. The van der Waals surface area contributed by atoms with Crippen LogP contribution < -0.4 is 14.8 Å². The lowest BCUT2D eigenvalue weighted by Crippen LogP contribution is -2.42. The summed E-state index contributed by atoms with van der Waals surface area (Å²) < 4.78 is 11.3. The van der Waals surface area contributed by atoms with E-state index in [4.69, 9.17) is 9.47 Å². The van der Waals surface area contributed by atoms with Crippen LogP contribution in [0.4, 0.5) is 0 Å². The van der Waals surface area contributed by atoms with Gasteiger partial charge in [-0.1, -0.05) is 26.0 Å². The maximum Gasteiger partial charge on any atom is 0.222 e. The van der Waals surface area contributed by atoms with Crippen molar-refractivity contribution in [3.8, 4) is 11.5 Å². The number of fused-ring (bicyclic) bond motifs is 1.